The van der Waals surface area contributed by atoms with E-state index in [1.54, 1.807) is 18.2 Å². The Labute approximate surface area is 148 Å². The van der Waals surface area contributed by atoms with Gasteiger partial charge >= 0.3 is 6.09 Å². The predicted octanol–water partition coefficient (Wildman–Crippen LogP) is 5.03. The monoisotopic (exact) mass is 342 g/mol. The molecule has 0 heterocycles. The summed E-state index contributed by atoms with van der Waals surface area (Å²) in [6.45, 7) is 9.96. The Bertz CT molecular complexity index is 779. The van der Waals surface area contributed by atoms with Crippen LogP contribution in [-0.2, 0) is 0 Å². The molecule has 0 fully saturated rings. The maximum Gasteiger partial charge on any atom is 0.405 e. The van der Waals surface area contributed by atoms with Crippen molar-refractivity contribution in [2.24, 2.45) is 5.41 Å². The van der Waals surface area contributed by atoms with Crippen molar-refractivity contribution in [2.75, 3.05) is 5.73 Å². The molecule has 2 aromatic rings. The molecule has 1 amide bonds. The van der Waals surface area contributed by atoms with Gasteiger partial charge in [0.2, 0.25) is 0 Å². The Balaban J connectivity index is 2.38. The summed E-state index contributed by atoms with van der Waals surface area (Å²) in [5.41, 5.74) is 9.35. The Morgan fingerprint density at radius 3 is 2.24 bits per heavy atom. The Hall–Kier alpha value is -2.69. The van der Waals surface area contributed by atoms with Gasteiger partial charge in [-0.15, -0.1) is 0 Å². The van der Waals surface area contributed by atoms with Crippen molar-refractivity contribution in [1.82, 2.24) is 5.32 Å². The second-order valence-electron chi connectivity index (χ2n) is 7.39. The molecular weight excluding hydrogens is 316 g/mol. The summed E-state index contributed by atoms with van der Waals surface area (Å²) in [6.07, 6.45) is -1.08. The van der Waals surface area contributed by atoms with E-state index in [0.717, 1.165) is 11.3 Å². The maximum atomic E-state index is 11.2. The van der Waals surface area contributed by atoms with E-state index in [2.05, 4.69) is 5.32 Å². The normalized spacial score (nSPS) is 12.5. The van der Waals surface area contributed by atoms with Gasteiger partial charge in [-0.2, -0.15) is 0 Å². The Kier molecular flexibility index (Phi) is 5.26. The molecule has 0 saturated heterocycles. The number of carbonyl (C=O) groups is 1. The molecule has 0 spiro atoms. The van der Waals surface area contributed by atoms with Crippen molar-refractivity contribution in [1.29, 1.82) is 0 Å². The van der Waals surface area contributed by atoms with E-state index in [9.17, 15) is 9.90 Å². The molecule has 5 nitrogen and oxygen atoms in total. The van der Waals surface area contributed by atoms with Crippen LogP contribution in [0, 0.1) is 19.3 Å². The minimum absolute atomic E-state index is 0.342. The fourth-order valence-electron chi connectivity index (χ4n) is 2.66. The molecule has 0 saturated carbocycles. The van der Waals surface area contributed by atoms with Crippen LogP contribution in [0.3, 0.4) is 0 Å². The average Bonchev–Trinajstić information content (AvgIpc) is 2.49. The Morgan fingerprint density at radius 1 is 1.08 bits per heavy atom. The third-order valence-electron chi connectivity index (χ3n) is 4.22. The highest BCUT2D eigenvalue weighted by Crippen LogP contribution is 2.38. The highest BCUT2D eigenvalue weighted by Gasteiger charge is 2.29. The topological polar surface area (TPSA) is 84.6 Å². The molecule has 0 bridgehead atoms. The van der Waals surface area contributed by atoms with Crippen LogP contribution in [0.25, 0.3) is 0 Å². The highest BCUT2D eigenvalue weighted by atomic mass is 16.5. The highest BCUT2D eigenvalue weighted by molar-refractivity contribution is 5.66. The first-order chi connectivity index (χ1) is 11.6. The zero-order valence-corrected chi connectivity index (χ0v) is 15.4. The molecule has 5 heteroatoms. The van der Waals surface area contributed by atoms with Crippen LogP contribution in [0.5, 0.6) is 11.5 Å². The van der Waals surface area contributed by atoms with Gasteiger partial charge in [-0.05, 0) is 60.7 Å². The molecule has 0 aliphatic heterocycles. The number of nitrogens with one attached hydrogen (secondary N) is 1. The first kappa shape index (κ1) is 18.6. The molecule has 0 radical (unpaired) electrons. The van der Waals surface area contributed by atoms with E-state index in [4.69, 9.17) is 10.5 Å². The third-order valence-corrected chi connectivity index (χ3v) is 4.22. The van der Waals surface area contributed by atoms with Crippen LogP contribution >= 0.6 is 0 Å². The number of carboxylic acid groups (broad SMARTS) is 1. The first-order valence-corrected chi connectivity index (χ1v) is 8.22. The molecule has 0 aromatic heterocycles. The lowest BCUT2D eigenvalue weighted by atomic mass is 9.81. The number of benzene rings is 2. The zero-order chi connectivity index (χ0) is 18.8. The molecule has 4 N–H and O–H groups in total. The summed E-state index contributed by atoms with van der Waals surface area (Å²) >= 11 is 0. The number of aryl methyl sites for hydroxylation is 2. The standard InChI is InChI=1S/C20H26N2O3/c1-12-6-7-14(10-13(12)2)25-15-8-9-17(21)16(11-15)18(20(3,4)5)22-19(23)24/h6-11,18,22H,21H2,1-5H3,(H,23,24). The molecule has 0 aliphatic carbocycles. The first-order valence-electron chi connectivity index (χ1n) is 8.22. The summed E-state index contributed by atoms with van der Waals surface area (Å²) in [5, 5.41) is 11.7. The summed E-state index contributed by atoms with van der Waals surface area (Å²) in [5.74, 6) is 1.35. The van der Waals surface area contributed by atoms with E-state index in [1.807, 2.05) is 52.8 Å². The minimum Gasteiger partial charge on any atom is -0.465 e. The Morgan fingerprint density at radius 2 is 1.68 bits per heavy atom. The van der Waals surface area contributed by atoms with Gasteiger partial charge in [-0.3, -0.25) is 0 Å². The molecule has 25 heavy (non-hydrogen) atoms. The van der Waals surface area contributed by atoms with Crippen molar-refractivity contribution < 1.29 is 14.6 Å². The van der Waals surface area contributed by atoms with Crippen molar-refractivity contribution in [3.8, 4) is 11.5 Å². The number of hydrogen-bond acceptors (Lipinski definition) is 3. The number of nitrogen functional groups attached to an aromatic ring is 1. The van der Waals surface area contributed by atoms with E-state index < -0.39 is 12.1 Å². The number of hydrogen-bond donors (Lipinski definition) is 3. The number of ether oxygens (including phenoxy) is 1. The summed E-state index contributed by atoms with van der Waals surface area (Å²) in [4.78, 5) is 11.2. The SMILES string of the molecule is Cc1ccc(Oc2ccc(N)c(C(NC(=O)O)C(C)(C)C)c2)cc1C. The van der Waals surface area contributed by atoms with Crippen molar-refractivity contribution >= 4 is 11.8 Å². The predicted molar refractivity (Wildman–Crippen MR) is 100 cm³/mol. The van der Waals surface area contributed by atoms with Crippen LogP contribution in [0.2, 0.25) is 0 Å². The van der Waals surface area contributed by atoms with Gasteiger partial charge < -0.3 is 20.9 Å². The fourth-order valence-corrected chi connectivity index (χ4v) is 2.66. The average molecular weight is 342 g/mol. The smallest absolute Gasteiger partial charge is 0.405 e. The third kappa shape index (κ3) is 4.66. The summed E-state index contributed by atoms with van der Waals surface area (Å²) in [7, 11) is 0. The molecule has 0 aliphatic rings. The second kappa shape index (κ2) is 7.05. The summed E-state index contributed by atoms with van der Waals surface area (Å²) in [6, 6.07) is 10.8. The lowest BCUT2D eigenvalue weighted by Crippen LogP contribution is -2.36. The minimum atomic E-state index is -1.08. The van der Waals surface area contributed by atoms with Crippen LogP contribution in [0.1, 0.15) is 43.5 Å². The fraction of sp³-hybridized carbons (Fsp3) is 0.350. The van der Waals surface area contributed by atoms with Crippen LogP contribution < -0.4 is 15.8 Å². The van der Waals surface area contributed by atoms with Crippen LogP contribution in [0.4, 0.5) is 10.5 Å². The lowest BCUT2D eigenvalue weighted by molar-refractivity contribution is 0.175. The molecular formula is C20H26N2O3. The van der Waals surface area contributed by atoms with Crippen LogP contribution in [0.15, 0.2) is 36.4 Å². The molecule has 2 rings (SSSR count). The van der Waals surface area contributed by atoms with Gasteiger partial charge in [0.15, 0.2) is 0 Å². The second-order valence-corrected chi connectivity index (χ2v) is 7.39. The van der Waals surface area contributed by atoms with E-state index in [1.165, 1.54) is 5.56 Å². The van der Waals surface area contributed by atoms with E-state index >= 15 is 0 Å². The van der Waals surface area contributed by atoms with Gasteiger partial charge in [0.1, 0.15) is 11.5 Å². The van der Waals surface area contributed by atoms with E-state index in [-0.39, 0.29) is 5.41 Å². The molecule has 1 unspecified atom stereocenters. The molecule has 134 valence electrons. The number of anilines is 1. The van der Waals surface area contributed by atoms with Gasteiger partial charge in [0.05, 0.1) is 6.04 Å². The van der Waals surface area contributed by atoms with Crippen molar-refractivity contribution in [3.63, 3.8) is 0 Å². The van der Waals surface area contributed by atoms with Crippen molar-refractivity contribution in [3.05, 3.63) is 53.1 Å². The van der Waals surface area contributed by atoms with Gasteiger partial charge in [-0.25, -0.2) is 4.79 Å². The lowest BCUT2D eigenvalue weighted by Gasteiger charge is -2.32. The largest absolute Gasteiger partial charge is 0.465 e. The van der Waals surface area contributed by atoms with Crippen molar-refractivity contribution in [2.45, 2.75) is 40.7 Å². The van der Waals surface area contributed by atoms with Gasteiger partial charge in [0, 0.05) is 11.3 Å². The number of amides is 1. The number of nitrogens with two attached hydrogens (primary N) is 1. The quantitative estimate of drug-likeness (QED) is 0.680. The van der Waals surface area contributed by atoms with Crippen LogP contribution in [-0.4, -0.2) is 11.2 Å². The number of rotatable bonds is 4. The molecule has 2 aromatic carbocycles. The van der Waals surface area contributed by atoms with Gasteiger partial charge in [-0.1, -0.05) is 26.8 Å². The maximum absolute atomic E-state index is 11.2. The molecule has 1 atom stereocenters. The summed E-state index contributed by atoms with van der Waals surface area (Å²) < 4.78 is 5.95. The van der Waals surface area contributed by atoms with E-state index in [0.29, 0.717) is 17.0 Å². The van der Waals surface area contributed by atoms with Gasteiger partial charge in [0.25, 0.3) is 0 Å². The zero-order valence-electron chi connectivity index (χ0n) is 15.4.